The van der Waals surface area contributed by atoms with Crippen molar-refractivity contribution in [3.8, 4) is 5.75 Å². The van der Waals surface area contributed by atoms with Crippen LogP contribution in [0.3, 0.4) is 0 Å². The van der Waals surface area contributed by atoms with E-state index in [1.54, 1.807) is 19.1 Å². The van der Waals surface area contributed by atoms with Gasteiger partial charge in [0.2, 0.25) is 0 Å². The van der Waals surface area contributed by atoms with Gasteiger partial charge in [0.15, 0.2) is 11.6 Å². The number of fused-ring (bicyclic) bond motifs is 1. The average molecular weight is 276 g/mol. The van der Waals surface area contributed by atoms with Crippen molar-refractivity contribution in [3.05, 3.63) is 58.9 Å². The average Bonchev–Trinajstić information content (AvgIpc) is 2.43. The van der Waals surface area contributed by atoms with Crippen LogP contribution in [0.25, 0.3) is 0 Å². The van der Waals surface area contributed by atoms with Crippen molar-refractivity contribution in [3.63, 3.8) is 0 Å². The van der Waals surface area contributed by atoms with Crippen LogP contribution in [-0.2, 0) is 5.54 Å². The molecular formula is C15H14F2N2O. The van der Waals surface area contributed by atoms with Crippen LogP contribution in [0.2, 0.25) is 0 Å². The molecule has 1 aromatic heterocycles. The van der Waals surface area contributed by atoms with Crippen molar-refractivity contribution < 1.29 is 13.5 Å². The summed E-state index contributed by atoms with van der Waals surface area (Å²) in [6.07, 6.45) is 1.76. The maximum atomic E-state index is 13.8. The zero-order valence-electron chi connectivity index (χ0n) is 11.0. The number of aryl methyl sites for hydroxylation is 1. The van der Waals surface area contributed by atoms with E-state index in [9.17, 15) is 8.78 Å². The first kappa shape index (κ1) is 13.0. The van der Waals surface area contributed by atoms with Gasteiger partial charge >= 0.3 is 0 Å². The first-order valence-corrected chi connectivity index (χ1v) is 6.35. The second-order valence-electron chi connectivity index (χ2n) is 5.00. The van der Waals surface area contributed by atoms with Gasteiger partial charge in [-0.15, -0.1) is 0 Å². The van der Waals surface area contributed by atoms with E-state index in [0.717, 1.165) is 0 Å². The van der Waals surface area contributed by atoms with Crippen molar-refractivity contribution in [2.75, 3.05) is 6.61 Å². The molecule has 20 heavy (non-hydrogen) atoms. The highest BCUT2D eigenvalue weighted by Crippen LogP contribution is 2.39. The van der Waals surface area contributed by atoms with Gasteiger partial charge in [0, 0.05) is 12.6 Å². The van der Waals surface area contributed by atoms with Gasteiger partial charge in [0.05, 0.1) is 12.1 Å². The molecule has 0 amide bonds. The third-order valence-corrected chi connectivity index (χ3v) is 3.71. The monoisotopic (exact) mass is 276 g/mol. The summed E-state index contributed by atoms with van der Waals surface area (Å²) in [7, 11) is 0. The molecule has 0 aliphatic carbocycles. The molecule has 0 saturated heterocycles. The van der Waals surface area contributed by atoms with E-state index >= 15 is 0 Å². The summed E-state index contributed by atoms with van der Waals surface area (Å²) >= 11 is 0. The summed E-state index contributed by atoms with van der Waals surface area (Å²) in [5.41, 5.74) is 6.79. The number of aromatic nitrogens is 1. The molecular weight excluding hydrogens is 262 g/mol. The smallest absolute Gasteiger partial charge is 0.178 e. The quantitative estimate of drug-likeness (QED) is 0.871. The maximum Gasteiger partial charge on any atom is 0.178 e. The molecule has 0 fully saturated rings. The fourth-order valence-corrected chi connectivity index (χ4v) is 2.46. The molecule has 1 aliphatic heterocycles. The Hall–Kier alpha value is -2.01. The van der Waals surface area contributed by atoms with E-state index in [-0.39, 0.29) is 18.2 Å². The van der Waals surface area contributed by atoms with Crippen LogP contribution in [0.4, 0.5) is 8.78 Å². The lowest BCUT2D eigenvalue weighted by atomic mass is 9.82. The Morgan fingerprint density at radius 1 is 1.25 bits per heavy atom. The van der Waals surface area contributed by atoms with Gasteiger partial charge in [-0.25, -0.2) is 8.78 Å². The molecule has 1 aromatic carbocycles. The molecule has 5 heteroatoms. The predicted molar refractivity (Wildman–Crippen MR) is 70.4 cm³/mol. The van der Waals surface area contributed by atoms with Crippen LogP contribution in [0, 0.1) is 18.6 Å². The predicted octanol–water partition coefficient (Wildman–Crippen LogP) is 2.65. The fourth-order valence-electron chi connectivity index (χ4n) is 2.46. The topological polar surface area (TPSA) is 48.1 Å². The van der Waals surface area contributed by atoms with Crippen molar-refractivity contribution in [2.45, 2.75) is 18.9 Å². The summed E-state index contributed by atoms with van der Waals surface area (Å²) in [4.78, 5) is 4.15. The van der Waals surface area contributed by atoms with E-state index in [4.69, 9.17) is 10.5 Å². The number of nitrogens with two attached hydrogens (primary N) is 1. The lowest BCUT2D eigenvalue weighted by Gasteiger charge is -2.35. The molecule has 0 unspecified atom stereocenters. The van der Waals surface area contributed by atoms with Crippen LogP contribution in [0.1, 0.15) is 23.2 Å². The molecule has 104 valence electrons. The van der Waals surface area contributed by atoms with E-state index in [1.165, 1.54) is 18.3 Å². The first-order chi connectivity index (χ1) is 9.52. The van der Waals surface area contributed by atoms with Crippen molar-refractivity contribution in [1.29, 1.82) is 0 Å². The van der Waals surface area contributed by atoms with E-state index in [2.05, 4.69) is 4.98 Å². The number of hydrogen-bond acceptors (Lipinski definition) is 3. The SMILES string of the molecule is Cc1ccc([C@@]2(N)CCOc3c(F)ccnc32)cc1F. The first-order valence-electron chi connectivity index (χ1n) is 6.35. The van der Waals surface area contributed by atoms with Gasteiger partial charge in [0.1, 0.15) is 11.5 Å². The molecule has 1 aliphatic rings. The Morgan fingerprint density at radius 2 is 2.05 bits per heavy atom. The molecule has 2 heterocycles. The molecule has 0 radical (unpaired) electrons. The number of pyridine rings is 1. The number of benzene rings is 1. The normalized spacial score (nSPS) is 21.2. The Morgan fingerprint density at radius 3 is 2.80 bits per heavy atom. The molecule has 3 nitrogen and oxygen atoms in total. The van der Waals surface area contributed by atoms with Crippen molar-refractivity contribution >= 4 is 0 Å². The molecule has 2 N–H and O–H groups in total. The largest absolute Gasteiger partial charge is 0.488 e. The molecule has 0 bridgehead atoms. The van der Waals surface area contributed by atoms with Gasteiger partial charge in [-0.2, -0.15) is 0 Å². The highest BCUT2D eigenvalue weighted by atomic mass is 19.1. The third-order valence-electron chi connectivity index (χ3n) is 3.71. The van der Waals surface area contributed by atoms with Crippen LogP contribution in [0.5, 0.6) is 5.75 Å². The van der Waals surface area contributed by atoms with Crippen LogP contribution in [-0.4, -0.2) is 11.6 Å². The van der Waals surface area contributed by atoms with Gasteiger partial charge in [-0.1, -0.05) is 12.1 Å². The minimum atomic E-state index is -1.04. The Labute approximate surface area is 115 Å². The third kappa shape index (κ3) is 1.86. The molecule has 2 aromatic rings. The molecule has 0 spiro atoms. The lowest BCUT2D eigenvalue weighted by molar-refractivity contribution is 0.221. The molecule has 1 atom stereocenters. The second-order valence-corrected chi connectivity index (χ2v) is 5.00. The minimum Gasteiger partial charge on any atom is -0.488 e. The number of rotatable bonds is 1. The van der Waals surface area contributed by atoms with Crippen molar-refractivity contribution in [1.82, 2.24) is 4.98 Å². The highest BCUT2D eigenvalue weighted by Gasteiger charge is 2.39. The number of halogens is 2. The van der Waals surface area contributed by atoms with Crippen LogP contribution < -0.4 is 10.5 Å². The zero-order valence-corrected chi connectivity index (χ0v) is 11.0. The fraction of sp³-hybridized carbons (Fsp3) is 0.267. The van der Waals surface area contributed by atoms with Gasteiger partial charge in [0.25, 0.3) is 0 Å². The summed E-state index contributed by atoms with van der Waals surface area (Å²) < 4.78 is 32.9. The minimum absolute atomic E-state index is 0.0576. The summed E-state index contributed by atoms with van der Waals surface area (Å²) in [5, 5.41) is 0. The maximum absolute atomic E-state index is 13.8. The lowest BCUT2D eigenvalue weighted by Crippen LogP contribution is -2.43. The van der Waals surface area contributed by atoms with Crippen molar-refractivity contribution in [2.24, 2.45) is 5.73 Å². The number of ether oxygens (including phenoxy) is 1. The zero-order chi connectivity index (χ0) is 14.3. The summed E-state index contributed by atoms with van der Waals surface area (Å²) in [5.74, 6) is -0.781. The van der Waals surface area contributed by atoms with E-state index in [1.807, 2.05) is 0 Å². The van der Waals surface area contributed by atoms with Gasteiger partial charge in [-0.3, -0.25) is 4.98 Å². The highest BCUT2D eigenvalue weighted by molar-refractivity contribution is 5.44. The van der Waals surface area contributed by atoms with Crippen LogP contribution in [0.15, 0.2) is 30.5 Å². The second kappa shape index (κ2) is 4.52. The van der Waals surface area contributed by atoms with E-state index in [0.29, 0.717) is 23.2 Å². The van der Waals surface area contributed by atoms with Crippen LogP contribution >= 0.6 is 0 Å². The molecule has 0 saturated carbocycles. The molecule has 3 rings (SSSR count). The standard InChI is InChI=1S/C15H14F2N2O/c1-9-2-3-10(8-12(9)17)15(18)5-7-20-13-11(16)4-6-19-14(13)15/h2-4,6,8H,5,7,18H2,1H3/t15-/m0/s1. The number of hydrogen-bond donors (Lipinski definition) is 1. The summed E-state index contributed by atoms with van der Waals surface area (Å²) in [6.45, 7) is 1.94. The number of nitrogens with zero attached hydrogens (tertiary/aromatic N) is 1. The van der Waals surface area contributed by atoms with Gasteiger partial charge < -0.3 is 10.5 Å². The Kier molecular flexibility index (Phi) is 2.94. The summed E-state index contributed by atoms with van der Waals surface area (Å²) in [6, 6.07) is 6.02. The van der Waals surface area contributed by atoms with Gasteiger partial charge in [-0.05, 0) is 30.2 Å². The van der Waals surface area contributed by atoms with E-state index < -0.39 is 11.4 Å². The Balaban J connectivity index is 2.18. The Bertz CT molecular complexity index is 675.